The molecule has 77 heavy (non-hydrogen) atoms. The highest BCUT2D eigenvalue weighted by molar-refractivity contribution is 5.76. The Bertz CT molecular complexity index is 1420. The van der Waals surface area contributed by atoms with E-state index in [0.29, 0.717) is 12.8 Å². The van der Waals surface area contributed by atoms with E-state index in [4.69, 9.17) is 28.4 Å². The monoisotopic (exact) mass is 1110 g/mol. The molecule has 0 radical (unpaired) electrons. The van der Waals surface area contributed by atoms with E-state index in [9.17, 15) is 61.0 Å². The molecule has 1 amide bonds. The molecule has 0 spiro atoms. The molecular formula is C58H111NO18. The Morgan fingerprint density at radius 2 is 0.740 bits per heavy atom. The average Bonchev–Trinajstić information content (AvgIpc) is 3.43. The number of aliphatic hydroxyl groups excluding tert-OH is 11. The lowest BCUT2D eigenvalue weighted by molar-refractivity contribution is -0.379. The lowest BCUT2D eigenvalue weighted by atomic mass is 9.96. The maximum Gasteiger partial charge on any atom is 0.220 e. The van der Waals surface area contributed by atoms with E-state index >= 15 is 0 Å². The summed E-state index contributed by atoms with van der Waals surface area (Å²) in [6.07, 6.45) is 13.9. The van der Waals surface area contributed by atoms with E-state index in [2.05, 4.69) is 19.2 Å². The predicted octanol–water partition coefficient (Wildman–Crippen LogP) is 5.60. The van der Waals surface area contributed by atoms with Crippen LogP contribution < -0.4 is 5.32 Å². The van der Waals surface area contributed by atoms with Crippen LogP contribution in [0.1, 0.15) is 232 Å². The highest BCUT2D eigenvalue weighted by Crippen LogP contribution is 2.33. The van der Waals surface area contributed by atoms with Crippen molar-refractivity contribution >= 4 is 5.91 Å². The molecular weight excluding hydrogens is 999 g/mol. The van der Waals surface area contributed by atoms with Gasteiger partial charge in [0.25, 0.3) is 0 Å². The minimum atomic E-state index is -1.97. The first kappa shape index (κ1) is 70.1. The quantitative estimate of drug-likeness (QED) is 0.0330. The molecule has 3 aliphatic heterocycles. The molecule has 456 valence electrons. The Morgan fingerprint density at radius 1 is 0.416 bits per heavy atom. The van der Waals surface area contributed by atoms with Crippen molar-refractivity contribution in [2.75, 3.05) is 26.4 Å². The van der Waals surface area contributed by atoms with E-state index < -0.39 is 124 Å². The van der Waals surface area contributed by atoms with Crippen molar-refractivity contribution in [3.63, 3.8) is 0 Å². The number of ether oxygens (including phenoxy) is 6. The fraction of sp³-hybridized carbons (Fsp3) is 0.983. The van der Waals surface area contributed by atoms with Crippen LogP contribution in [0, 0.1) is 0 Å². The van der Waals surface area contributed by atoms with Gasteiger partial charge in [0.05, 0.1) is 38.6 Å². The minimum absolute atomic E-state index is 0.242. The third-order valence-electron chi connectivity index (χ3n) is 15.9. The third-order valence-corrected chi connectivity index (χ3v) is 15.9. The zero-order chi connectivity index (χ0) is 56.2. The highest BCUT2D eigenvalue weighted by Gasteiger charge is 2.53. The molecule has 0 aromatic carbocycles. The molecule has 3 aliphatic rings. The number of nitrogens with one attached hydrogen (secondary N) is 1. The molecule has 0 bridgehead atoms. The number of unbranched alkanes of at least 4 members (excludes halogenated alkanes) is 30. The summed E-state index contributed by atoms with van der Waals surface area (Å²) in [6.45, 7) is 1.75. The van der Waals surface area contributed by atoms with Crippen LogP contribution in [-0.4, -0.2) is 193 Å². The minimum Gasteiger partial charge on any atom is -0.394 e. The van der Waals surface area contributed by atoms with E-state index in [1.807, 2.05) is 0 Å². The van der Waals surface area contributed by atoms with Gasteiger partial charge in [-0.2, -0.15) is 0 Å². The number of hydrogen-bond acceptors (Lipinski definition) is 18. The standard InChI is InChI=1S/C58H111NO18/c1-3-5-7-9-11-12-13-14-15-16-17-18-19-20-21-22-23-24-25-26-27-28-30-32-34-36-46(64)59-41(42(63)35-33-31-29-10-8-6-4-2)40-72-56-52(70)49(67)54(44(38-61)74-56)77-58-53(71)50(68)55(45(39-62)75-58)76-57-51(69)48(66)47(65)43(37-60)73-57/h41-45,47-58,60-63,65-71H,3-40H2,1-2H3,(H,59,64). The fourth-order valence-electron chi connectivity index (χ4n) is 10.8. The van der Waals surface area contributed by atoms with E-state index in [-0.39, 0.29) is 18.9 Å². The Balaban J connectivity index is 1.38. The van der Waals surface area contributed by atoms with E-state index in [1.54, 1.807) is 0 Å². The summed E-state index contributed by atoms with van der Waals surface area (Å²) in [5, 5.41) is 120. The van der Waals surface area contributed by atoms with Crippen LogP contribution in [0.2, 0.25) is 0 Å². The topological polar surface area (TPSA) is 307 Å². The lowest BCUT2D eigenvalue weighted by Crippen LogP contribution is -2.66. The number of carbonyl (C=O) groups excluding carboxylic acids is 1. The smallest absolute Gasteiger partial charge is 0.220 e. The first-order valence-electron chi connectivity index (χ1n) is 30.8. The second-order valence-corrected chi connectivity index (χ2v) is 22.5. The summed E-state index contributed by atoms with van der Waals surface area (Å²) in [5.74, 6) is -0.242. The normalized spacial score (nSPS) is 30.6. The number of aliphatic hydroxyl groups is 11. The molecule has 0 aliphatic carbocycles. The molecule has 3 rings (SSSR count). The van der Waals surface area contributed by atoms with Crippen molar-refractivity contribution in [3.05, 3.63) is 0 Å². The van der Waals surface area contributed by atoms with Crippen molar-refractivity contribution < 1.29 is 89.4 Å². The van der Waals surface area contributed by atoms with Gasteiger partial charge < -0.3 is 89.9 Å². The summed E-state index contributed by atoms with van der Waals surface area (Å²) in [4.78, 5) is 13.3. The van der Waals surface area contributed by atoms with Crippen LogP contribution in [0.5, 0.6) is 0 Å². The van der Waals surface area contributed by atoms with Crippen LogP contribution in [0.3, 0.4) is 0 Å². The van der Waals surface area contributed by atoms with E-state index in [1.165, 1.54) is 141 Å². The molecule has 12 N–H and O–H groups in total. The maximum atomic E-state index is 13.3. The van der Waals surface area contributed by atoms with Crippen LogP contribution >= 0.6 is 0 Å². The average molecular weight is 1110 g/mol. The van der Waals surface area contributed by atoms with Gasteiger partial charge in [0, 0.05) is 6.42 Å². The molecule has 17 atom stereocenters. The number of rotatable bonds is 46. The molecule has 3 heterocycles. The summed E-state index contributed by atoms with van der Waals surface area (Å²) in [7, 11) is 0. The first-order chi connectivity index (χ1) is 37.3. The molecule has 0 aromatic heterocycles. The largest absolute Gasteiger partial charge is 0.394 e. The van der Waals surface area contributed by atoms with Gasteiger partial charge in [0.2, 0.25) is 5.91 Å². The van der Waals surface area contributed by atoms with Gasteiger partial charge in [-0.05, 0) is 12.8 Å². The van der Waals surface area contributed by atoms with Gasteiger partial charge in [-0.15, -0.1) is 0 Å². The SMILES string of the molecule is CCCCCCCCCCCCCCCCCCCCCCCCCCCC(=O)NC(COC1OC(CO)C(OC2OC(CO)C(OC3OC(CO)C(O)C(O)C3O)C(O)C2O)C(O)C1O)C(O)CCCCCCCCC. The van der Waals surface area contributed by atoms with Crippen molar-refractivity contribution in [2.45, 2.75) is 336 Å². The van der Waals surface area contributed by atoms with Crippen molar-refractivity contribution in [3.8, 4) is 0 Å². The van der Waals surface area contributed by atoms with Gasteiger partial charge in [0.15, 0.2) is 18.9 Å². The Kier molecular flexibility index (Phi) is 38.7. The van der Waals surface area contributed by atoms with Gasteiger partial charge in [-0.1, -0.05) is 213 Å². The number of amides is 1. The summed E-state index contributed by atoms with van der Waals surface area (Å²) >= 11 is 0. The third kappa shape index (κ3) is 26.7. The van der Waals surface area contributed by atoms with Gasteiger partial charge in [0.1, 0.15) is 73.2 Å². The Hall–Kier alpha value is -1.21. The van der Waals surface area contributed by atoms with Gasteiger partial charge in [-0.3, -0.25) is 4.79 Å². The highest BCUT2D eigenvalue weighted by atomic mass is 16.8. The maximum absolute atomic E-state index is 13.3. The molecule has 0 aromatic rings. The molecule has 3 fully saturated rings. The molecule has 19 heteroatoms. The summed E-state index contributed by atoms with van der Waals surface area (Å²) in [5.41, 5.74) is 0. The zero-order valence-corrected chi connectivity index (χ0v) is 47.5. The Morgan fingerprint density at radius 3 is 1.13 bits per heavy atom. The molecule has 0 saturated carbocycles. The number of hydrogen-bond donors (Lipinski definition) is 12. The predicted molar refractivity (Wildman–Crippen MR) is 291 cm³/mol. The molecule has 19 nitrogen and oxygen atoms in total. The van der Waals surface area contributed by atoms with Crippen LogP contribution in [0.4, 0.5) is 0 Å². The van der Waals surface area contributed by atoms with Crippen LogP contribution in [0.15, 0.2) is 0 Å². The van der Waals surface area contributed by atoms with Crippen molar-refractivity contribution in [1.29, 1.82) is 0 Å². The van der Waals surface area contributed by atoms with Crippen molar-refractivity contribution in [2.24, 2.45) is 0 Å². The van der Waals surface area contributed by atoms with Gasteiger partial charge in [-0.25, -0.2) is 0 Å². The zero-order valence-electron chi connectivity index (χ0n) is 47.5. The summed E-state index contributed by atoms with van der Waals surface area (Å²) < 4.78 is 34.2. The molecule has 17 unspecified atom stereocenters. The van der Waals surface area contributed by atoms with E-state index in [0.717, 1.165) is 57.8 Å². The number of carbonyl (C=O) groups is 1. The van der Waals surface area contributed by atoms with Gasteiger partial charge >= 0.3 is 0 Å². The fourth-order valence-corrected chi connectivity index (χ4v) is 10.8. The second-order valence-electron chi connectivity index (χ2n) is 22.5. The lowest BCUT2D eigenvalue weighted by Gasteiger charge is -2.48. The second kappa shape index (κ2) is 42.6. The summed E-state index contributed by atoms with van der Waals surface area (Å²) in [6, 6.07) is -0.878. The van der Waals surface area contributed by atoms with Crippen LogP contribution in [0.25, 0.3) is 0 Å². The van der Waals surface area contributed by atoms with Crippen LogP contribution in [-0.2, 0) is 33.2 Å². The molecule has 3 saturated heterocycles. The van der Waals surface area contributed by atoms with Crippen molar-refractivity contribution in [1.82, 2.24) is 5.32 Å². The Labute approximate surface area is 462 Å². The first-order valence-corrected chi connectivity index (χ1v) is 30.8.